The molecule has 3 rings (SSSR count). The van der Waals surface area contributed by atoms with Crippen LogP contribution in [0.4, 0.5) is 0 Å². The van der Waals surface area contributed by atoms with E-state index in [4.69, 9.17) is 4.98 Å². The van der Waals surface area contributed by atoms with Gasteiger partial charge >= 0.3 is 0 Å². The van der Waals surface area contributed by atoms with Gasteiger partial charge in [0, 0.05) is 50.4 Å². The Morgan fingerprint density at radius 1 is 1.37 bits per heavy atom. The van der Waals surface area contributed by atoms with Crippen LogP contribution in [0.5, 0.6) is 0 Å². The van der Waals surface area contributed by atoms with E-state index in [0.717, 1.165) is 44.9 Å². The highest BCUT2D eigenvalue weighted by Crippen LogP contribution is 2.27. The molecule has 8 heteroatoms. The zero-order valence-electron chi connectivity index (χ0n) is 16.4. The third kappa shape index (κ3) is 6.30. The summed E-state index contributed by atoms with van der Waals surface area (Å²) < 4.78 is 0. The molecule has 1 atom stereocenters. The molecule has 0 bridgehead atoms. The van der Waals surface area contributed by atoms with E-state index in [1.165, 1.54) is 41.3 Å². The first-order valence-electron chi connectivity index (χ1n) is 9.92. The van der Waals surface area contributed by atoms with Gasteiger partial charge < -0.3 is 15.5 Å². The molecule has 2 aliphatic rings. The van der Waals surface area contributed by atoms with Crippen molar-refractivity contribution < 1.29 is 4.79 Å². The minimum absolute atomic E-state index is 0. The van der Waals surface area contributed by atoms with Crippen LogP contribution in [0.1, 0.15) is 54.6 Å². The largest absolute Gasteiger partial charge is 0.356 e. The summed E-state index contributed by atoms with van der Waals surface area (Å²) in [7, 11) is 1.80. The van der Waals surface area contributed by atoms with Crippen molar-refractivity contribution in [1.82, 2.24) is 20.5 Å². The molecule has 1 aliphatic carbocycles. The van der Waals surface area contributed by atoms with Crippen LogP contribution in [-0.4, -0.2) is 54.5 Å². The first-order chi connectivity index (χ1) is 12.7. The van der Waals surface area contributed by atoms with Gasteiger partial charge in [-0.05, 0) is 38.5 Å². The van der Waals surface area contributed by atoms with Gasteiger partial charge in [-0.3, -0.25) is 9.79 Å². The van der Waals surface area contributed by atoms with Crippen molar-refractivity contribution in [3.05, 3.63) is 15.6 Å². The number of aromatic nitrogens is 1. The normalized spacial score (nSPS) is 19.4. The maximum atomic E-state index is 11.8. The maximum Gasteiger partial charge on any atom is 0.222 e. The Labute approximate surface area is 183 Å². The second-order valence-corrected chi connectivity index (χ2v) is 8.28. The van der Waals surface area contributed by atoms with Crippen molar-refractivity contribution >= 4 is 47.2 Å². The second-order valence-electron chi connectivity index (χ2n) is 7.11. The number of halogens is 1. The zero-order valence-corrected chi connectivity index (χ0v) is 19.6. The lowest BCUT2D eigenvalue weighted by Gasteiger charge is -2.18. The number of carbonyl (C=O) groups is 1. The average Bonchev–Trinajstić information content (AvgIpc) is 3.29. The Balaban J connectivity index is 0.00000261. The highest BCUT2D eigenvalue weighted by molar-refractivity contribution is 14.0. The van der Waals surface area contributed by atoms with Crippen molar-refractivity contribution in [2.75, 3.05) is 26.7 Å². The molecule has 1 unspecified atom stereocenters. The van der Waals surface area contributed by atoms with Crippen LogP contribution in [-0.2, 0) is 24.1 Å². The van der Waals surface area contributed by atoms with Crippen LogP contribution in [0.25, 0.3) is 0 Å². The number of carbonyl (C=O) groups excluding carboxylic acids is 1. The number of aliphatic imine (C=N–C) groups is 1. The molecule has 1 amide bonds. The van der Waals surface area contributed by atoms with Crippen molar-refractivity contribution in [3.63, 3.8) is 0 Å². The van der Waals surface area contributed by atoms with Gasteiger partial charge in [0.15, 0.2) is 5.96 Å². The summed E-state index contributed by atoms with van der Waals surface area (Å²) in [6.07, 6.45) is 8.65. The molecule has 1 aromatic heterocycles. The number of nitrogens with zero attached hydrogens (tertiary/aromatic N) is 3. The van der Waals surface area contributed by atoms with Gasteiger partial charge in [-0.2, -0.15) is 0 Å². The Hall–Kier alpha value is -0.900. The Kier molecular flexibility index (Phi) is 9.28. The molecule has 0 aromatic carbocycles. The van der Waals surface area contributed by atoms with Crippen molar-refractivity contribution in [1.29, 1.82) is 0 Å². The SMILES string of the molecule is CCC(=O)N1CCC(NC(=NC)NCCCc2nc3c(s2)CCCC3)C1.I. The molecule has 1 fully saturated rings. The third-order valence-corrected chi connectivity index (χ3v) is 6.37. The zero-order chi connectivity index (χ0) is 18.4. The van der Waals surface area contributed by atoms with Gasteiger partial charge in [0.25, 0.3) is 0 Å². The van der Waals surface area contributed by atoms with Gasteiger partial charge in [0.2, 0.25) is 5.91 Å². The van der Waals surface area contributed by atoms with E-state index < -0.39 is 0 Å². The summed E-state index contributed by atoms with van der Waals surface area (Å²) >= 11 is 1.91. The monoisotopic (exact) mass is 505 g/mol. The molecule has 0 radical (unpaired) electrons. The summed E-state index contributed by atoms with van der Waals surface area (Å²) in [5.74, 6) is 1.07. The first-order valence-corrected chi connectivity index (χ1v) is 10.7. The lowest BCUT2D eigenvalue weighted by molar-refractivity contribution is -0.129. The van der Waals surface area contributed by atoms with Gasteiger partial charge in [-0.15, -0.1) is 35.3 Å². The van der Waals surface area contributed by atoms with Crippen LogP contribution in [0.2, 0.25) is 0 Å². The molecule has 2 heterocycles. The molecule has 0 spiro atoms. The molecule has 1 saturated heterocycles. The molecule has 6 nitrogen and oxygen atoms in total. The molecule has 1 aliphatic heterocycles. The fourth-order valence-electron chi connectivity index (χ4n) is 3.68. The average molecular weight is 505 g/mol. The summed E-state index contributed by atoms with van der Waals surface area (Å²) in [5, 5.41) is 8.13. The van der Waals surface area contributed by atoms with Crippen molar-refractivity contribution in [2.24, 2.45) is 4.99 Å². The number of aryl methyl sites for hydroxylation is 3. The molecular weight excluding hydrogens is 473 g/mol. The van der Waals surface area contributed by atoms with E-state index in [1.54, 1.807) is 7.05 Å². The molecular formula is C19H32IN5OS. The summed E-state index contributed by atoms with van der Waals surface area (Å²) in [4.78, 5) is 24.4. The topological polar surface area (TPSA) is 69.6 Å². The van der Waals surface area contributed by atoms with E-state index in [1.807, 2.05) is 23.2 Å². The summed E-state index contributed by atoms with van der Waals surface area (Å²) in [5.41, 5.74) is 1.36. The number of thiazole rings is 1. The Morgan fingerprint density at radius 3 is 2.93 bits per heavy atom. The lowest BCUT2D eigenvalue weighted by atomic mass is 10.0. The predicted octanol–water partition coefficient (Wildman–Crippen LogP) is 2.75. The van der Waals surface area contributed by atoms with Gasteiger partial charge in [0.05, 0.1) is 10.7 Å². The van der Waals surface area contributed by atoms with Crippen LogP contribution in [0.15, 0.2) is 4.99 Å². The van der Waals surface area contributed by atoms with Crippen LogP contribution < -0.4 is 10.6 Å². The highest BCUT2D eigenvalue weighted by atomic mass is 127. The summed E-state index contributed by atoms with van der Waals surface area (Å²) in [6, 6.07) is 0.294. The molecule has 2 N–H and O–H groups in total. The summed E-state index contributed by atoms with van der Waals surface area (Å²) in [6.45, 7) is 4.42. The molecule has 0 saturated carbocycles. The van der Waals surface area contributed by atoms with Gasteiger partial charge in [-0.25, -0.2) is 4.98 Å². The minimum Gasteiger partial charge on any atom is -0.356 e. The van der Waals surface area contributed by atoms with Crippen LogP contribution >= 0.6 is 35.3 Å². The smallest absolute Gasteiger partial charge is 0.222 e. The van der Waals surface area contributed by atoms with E-state index in [0.29, 0.717) is 12.5 Å². The number of guanidine groups is 1. The van der Waals surface area contributed by atoms with Gasteiger partial charge in [-0.1, -0.05) is 6.92 Å². The highest BCUT2D eigenvalue weighted by Gasteiger charge is 2.25. The number of rotatable bonds is 6. The molecule has 27 heavy (non-hydrogen) atoms. The number of amides is 1. The first kappa shape index (κ1) is 22.4. The van der Waals surface area contributed by atoms with Crippen LogP contribution in [0.3, 0.4) is 0 Å². The number of hydrogen-bond donors (Lipinski definition) is 2. The lowest BCUT2D eigenvalue weighted by Crippen LogP contribution is -2.45. The fourth-order valence-corrected chi connectivity index (χ4v) is 4.87. The minimum atomic E-state index is 0. The fraction of sp³-hybridized carbons (Fsp3) is 0.737. The van der Waals surface area contributed by atoms with Gasteiger partial charge in [0.1, 0.15) is 0 Å². The van der Waals surface area contributed by atoms with E-state index in [-0.39, 0.29) is 29.9 Å². The number of likely N-dealkylation sites (tertiary alicyclic amines) is 1. The quantitative estimate of drug-likeness (QED) is 0.270. The van der Waals surface area contributed by atoms with Crippen LogP contribution in [0, 0.1) is 0 Å². The number of fused-ring (bicyclic) bond motifs is 1. The van der Waals surface area contributed by atoms with E-state index in [9.17, 15) is 4.79 Å². The molecule has 152 valence electrons. The number of nitrogens with one attached hydrogen (secondary N) is 2. The predicted molar refractivity (Wildman–Crippen MR) is 122 cm³/mol. The maximum absolute atomic E-state index is 11.8. The van der Waals surface area contributed by atoms with E-state index in [2.05, 4.69) is 15.6 Å². The number of hydrogen-bond acceptors (Lipinski definition) is 4. The standard InChI is InChI=1S/C19H31N5OS.HI/c1-3-18(25)24-12-10-14(13-24)22-19(20-2)21-11-6-9-17-23-15-7-4-5-8-16(15)26-17;/h14H,3-13H2,1-2H3,(H2,20,21,22);1H. The Morgan fingerprint density at radius 2 is 2.19 bits per heavy atom. The van der Waals surface area contributed by atoms with Crippen molar-refractivity contribution in [3.8, 4) is 0 Å². The third-order valence-electron chi connectivity index (χ3n) is 5.16. The molecule has 1 aromatic rings. The van der Waals surface area contributed by atoms with Crippen molar-refractivity contribution in [2.45, 2.75) is 64.3 Å². The Bertz CT molecular complexity index is 625. The van der Waals surface area contributed by atoms with E-state index >= 15 is 0 Å². The second kappa shape index (κ2) is 11.2.